The van der Waals surface area contributed by atoms with Gasteiger partial charge in [0.1, 0.15) is 18.1 Å². The number of carbonyl (C=O) groups excluding carboxylic acids is 1. The maximum atomic E-state index is 13.2. The average Bonchev–Trinajstić information content (AvgIpc) is 2.83. The normalized spacial score (nSPS) is 22.1. The molecule has 1 aliphatic rings. The lowest BCUT2D eigenvalue weighted by molar-refractivity contribution is 0.0281. The first kappa shape index (κ1) is 25.8. The van der Waals surface area contributed by atoms with Crippen molar-refractivity contribution in [2.24, 2.45) is 5.92 Å². The number of hydrogen-bond donors (Lipinski definition) is 2. The summed E-state index contributed by atoms with van der Waals surface area (Å²) in [5.41, 5.74) is 0.645. The fourth-order valence-corrected chi connectivity index (χ4v) is 4.74. The van der Waals surface area contributed by atoms with Crippen LogP contribution in [0.1, 0.15) is 24.2 Å². The summed E-state index contributed by atoms with van der Waals surface area (Å²) in [5, 5.41) is 3.42. The third-order valence-corrected chi connectivity index (χ3v) is 7.25. The Morgan fingerprint density at radius 1 is 1.12 bits per heavy atom. The van der Waals surface area contributed by atoms with Crippen LogP contribution in [0.2, 0.25) is 0 Å². The van der Waals surface area contributed by atoms with Crippen LogP contribution in [0.25, 0.3) is 0 Å². The maximum absolute atomic E-state index is 13.2. The van der Waals surface area contributed by atoms with Crippen molar-refractivity contribution in [3.8, 4) is 11.5 Å². The minimum atomic E-state index is -3.84. The average molecular weight is 492 g/mol. The molecule has 0 fully saturated rings. The summed E-state index contributed by atoms with van der Waals surface area (Å²) in [6.07, 6.45) is -0.131. The molecule has 186 valence electrons. The summed E-state index contributed by atoms with van der Waals surface area (Å²) in [6, 6.07) is 10.8. The zero-order valence-corrected chi connectivity index (χ0v) is 21.0. The largest absolute Gasteiger partial charge is 0.497 e. The first-order chi connectivity index (χ1) is 16.1. The topological polar surface area (TPSA) is 106 Å². The van der Waals surface area contributed by atoms with Gasteiger partial charge in [-0.1, -0.05) is 6.92 Å². The molecule has 0 aromatic heterocycles. The lowest BCUT2D eigenvalue weighted by Crippen LogP contribution is -2.44. The van der Waals surface area contributed by atoms with Crippen LogP contribution < -0.4 is 19.5 Å². The van der Waals surface area contributed by atoms with Crippen LogP contribution in [0, 0.1) is 5.92 Å². The summed E-state index contributed by atoms with van der Waals surface area (Å²) in [6.45, 7) is 5.50. The van der Waals surface area contributed by atoms with Gasteiger partial charge in [0, 0.05) is 39.4 Å². The van der Waals surface area contributed by atoms with Gasteiger partial charge >= 0.3 is 0 Å². The Balaban J connectivity index is 1.90. The molecule has 2 N–H and O–H groups in total. The monoisotopic (exact) mass is 491 g/mol. The number of amides is 1. The molecule has 1 heterocycles. The van der Waals surface area contributed by atoms with Gasteiger partial charge in [0.25, 0.3) is 15.9 Å². The minimum Gasteiger partial charge on any atom is -0.497 e. The van der Waals surface area contributed by atoms with E-state index in [2.05, 4.69) is 17.0 Å². The number of carbonyl (C=O) groups is 1. The Bertz CT molecular complexity index is 1090. The lowest BCUT2D eigenvalue weighted by atomic mass is 10.0. The van der Waals surface area contributed by atoms with E-state index in [-0.39, 0.29) is 28.9 Å². The Morgan fingerprint density at radius 3 is 2.47 bits per heavy atom. The predicted molar refractivity (Wildman–Crippen MR) is 130 cm³/mol. The van der Waals surface area contributed by atoms with Gasteiger partial charge in [0.05, 0.1) is 29.4 Å². The molecule has 10 heteroatoms. The van der Waals surface area contributed by atoms with Crippen molar-refractivity contribution in [1.82, 2.24) is 10.2 Å². The second-order valence-electron chi connectivity index (χ2n) is 8.55. The minimum absolute atomic E-state index is 0.0136. The van der Waals surface area contributed by atoms with Crippen molar-refractivity contribution in [3.63, 3.8) is 0 Å². The number of nitrogens with one attached hydrogen (secondary N) is 2. The zero-order valence-electron chi connectivity index (χ0n) is 20.2. The van der Waals surface area contributed by atoms with E-state index in [1.807, 2.05) is 6.92 Å². The number of nitrogens with zero attached hydrogens (tertiary/aromatic N) is 1. The summed E-state index contributed by atoms with van der Waals surface area (Å²) in [7, 11) is 1.03. The third-order valence-electron chi connectivity index (χ3n) is 5.85. The Hall–Kier alpha value is -2.82. The number of hydrogen-bond acceptors (Lipinski definition) is 7. The molecule has 1 aliphatic heterocycles. The van der Waals surface area contributed by atoms with E-state index in [0.29, 0.717) is 42.4 Å². The molecule has 2 aromatic carbocycles. The second-order valence-corrected chi connectivity index (χ2v) is 10.2. The highest BCUT2D eigenvalue weighted by Crippen LogP contribution is 2.28. The molecule has 0 saturated heterocycles. The number of benzene rings is 2. The molecule has 3 rings (SSSR count). The van der Waals surface area contributed by atoms with Crippen molar-refractivity contribution >= 4 is 21.6 Å². The van der Waals surface area contributed by atoms with E-state index >= 15 is 0 Å². The van der Waals surface area contributed by atoms with Crippen LogP contribution in [0.15, 0.2) is 47.4 Å². The summed E-state index contributed by atoms with van der Waals surface area (Å²) < 4.78 is 45.0. The first-order valence-corrected chi connectivity index (χ1v) is 12.6. The van der Waals surface area contributed by atoms with Crippen LogP contribution in [-0.4, -0.2) is 72.3 Å². The van der Waals surface area contributed by atoms with Gasteiger partial charge in [0.2, 0.25) is 0 Å². The zero-order chi connectivity index (χ0) is 24.9. The van der Waals surface area contributed by atoms with Crippen LogP contribution in [0.4, 0.5) is 5.69 Å². The quantitative estimate of drug-likeness (QED) is 0.662. The molecule has 0 bridgehead atoms. The highest BCUT2D eigenvalue weighted by molar-refractivity contribution is 7.92. The molecule has 1 amide bonds. The summed E-state index contributed by atoms with van der Waals surface area (Å²) >= 11 is 0. The van der Waals surface area contributed by atoms with Gasteiger partial charge in [-0.3, -0.25) is 9.52 Å². The van der Waals surface area contributed by atoms with Crippen LogP contribution in [0.3, 0.4) is 0 Å². The second kappa shape index (κ2) is 11.1. The molecule has 2 aromatic rings. The van der Waals surface area contributed by atoms with Crippen molar-refractivity contribution in [2.45, 2.75) is 30.9 Å². The SMILES string of the molecule is COc1ccc(S(=O)(=O)Nc2ccc3c(c2)OC[C@H](C)NC[C@H](C)[C@@H](OC)CN(C)C3=O)cc1. The Morgan fingerprint density at radius 2 is 1.82 bits per heavy atom. The van der Waals surface area contributed by atoms with Gasteiger partial charge in [-0.15, -0.1) is 0 Å². The van der Waals surface area contributed by atoms with Gasteiger partial charge in [0.15, 0.2) is 0 Å². The molecule has 3 atom stereocenters. The van der Waals surface area contributed by atoms with E-state index in [0.717, 1.165) is 0 Å². The van der Waals surface area contributed by atoms with Gasteiger partial charge in [-0.25, -0.2) is 8.42 Å². The van der Waals surface area contributed by atoms with E-state index < -0.39 is 10.0 Å². The fraction of sp³-hybridized carbons (Fsp3) is 0.458. The molecule has 0 spiro atoms. The lowest BCUT2D eigenvalue weighted by Gasteiger charge is -2.30. The summed E-state index contributed by atoms with van der Waals surface area (Å²) in [5.74, 6) is 0.831. The van der Waals surface area contributed by atoms with Crippen LogP contribution >= 0.6 is 0 Å². The third kappa shape index (κ3) is 6.19. The van der Waals surface area contributed by atoms with Gasteiger partial charge in [-0.2, -0.15) is 0 Å². The van der Waals surface area contributed by atoms with Crippen molar-refractivity contribution in [1.29, 1.82) is 0 Å². The van der Waals surface area contributed by atoms with E-state index in [4.69, 9.17) is 14.2 Å². The molecule has 0 unspecified atom stereocenters. The van der Waals surface area contributed by atoms with E-state index in [9.17, 15) is 13.2 Å². The molecule has 0 radical (unpaired) electrons. The van der Waals surface area contributed by atoms with Crippen molar-refractivity contribution < 1.29 is 27.4 Å². The van der Waals surface area contributed by atoms with Gasteiger partial charge in [-0.05, 0) is 49.2 Å². The fourth-order valence-electron chi connectivity index (χ4n) is 3.69. The number of methoxy groups -OCH3 is 2. The number of likely N-dealkylation sites (N-methyl/N-ethyl adjacent to an activating group) is 1. The van der Waals surface area contributed by atoms with Crippen molar-refractivity contribution in [2.75, 3.05) is 45.7 Å². The first-order valence-electron chi connectivity index (χ1n) is 11.1. The smallest absolute Gasteiger partial charge is 0.261 e. The van der Waals surface area contributed by atoms with Crippen molar-refractivity contribution in [3.05, 3.63) is 48.0 Å². The number of rotatable bonds is 5. The predicted octanol–water partition coefficient (Wildman–Crippen LogP) is 2.59. The number of anilines is 1. The molecule has 34 heavy (non-hydrogen) atoms. The molecular weight excluding hydrogens is 458 g/mol. The number of fused-ring (bicyclic) bond motifs is 1. The number of sulfonamides is 1. The molecule has 0 aliphatic carbocycles. The summed E-state index contributed by atoms with van der Waals surface area (Å²) in [4.78, 5) is 14.9. The molecule has 0 saturated carbocycles. The highest BCUT2D eigenvalue weighted by Gasteiger charge is 2.26. The number of ether oxygens (including phenoxy) is 3. The molecular formula is C24H33N3O6S. The van der Waals surface area contributed by atoms with Crippen LogP contribution in [0.5, 0.6) is 11.5 Å². The Labute approximate surface area is 201 Å². The van der Waals surface area contributed by atoms with Crippen LogP contribution in [-0.2, 0) is 14.8 Å². The Kier molecular flexibility index (Phi) is 8.40. The van der Waals surface area contributed by atoms with E-state index in [1.54, 1.807) is 43.3 Å². The molecule has 9 nitrogen and oxygen atoms in total. The van der Waals surface area contributed by atoms with Gasteiger partial charge < -0.3 is 24.4 Å². The standard InChI is InChI=1S/C24H33N3O6S/c1-16-13-25-17(2)15-33-22-12-18(6-11-21(22)24(28)27(3)14-23(16)32-5)26-34(29,30)20-9-7-19(31-4)8-10-20/h6-12,16-17,23,25-26H,13-15H2,1-5H3/t16-,17-,23-/m0/s1. The highest BCUT2D eigenvalue weighted by atomic mass is 32.2. The van der Waals surface area contributed by atoms with E-state index in [1.165, 1.54) is 25.3 Å². The maximum Gasteiger partial charge on any atom is 0.261 e.